The Hall–Kier alpha value is -0.890. The van der Waals surface area contributed by atoms with Crippen molar-refractivity contribution in [1.82, 2.24) is 0 Å². The van der Waals surface area contributed by atoms with Gasteiger partial charge in [0.25, 0.3) is 0 Å². The lowest BCUT2D eigenvalue weighted by Crippen LogP contribution is -2.18. The zero-order valence-corrected chi connectivity index (χ0v) is 12.2. The molecule has 0 amide bonds. The predicted molar refractivity (Wildman–Crippen MR) is 77.0 cm³/mol. The van der Waals surface area contributed by atoms with Crippen LogP contribution in [0.4, 0.5) is 0 Å². The molecule has 3 unspecified atom stereocenters. The Bertz CT molecular complexity index is 446. The lowest BCUT2D eigenvalue weighted by molar-refractivity contribution is 0.189. The number of halogens is 1. The van der Waals surface area contributed by atoms with E-state index in [1.165, 1.54) is 25.7 Å². The molecule has 0 spiro atoms. The van der Waals surface area contributed by atoms with Gasteiger partial charge in [0.15, 0.2) is 11.5 Å². The van der Waals surface area contributed by atoms with Crippen LogP contribution in [0.25, 0.3) is 0 Å². The van der Waals surface area contributed by atoms with Gasteiger partial charge >= 0.3 is 0 Å². The fourth-order valence-corrected chi connectivity index (χ4v) is 3.86. The van der Waals surface area contributed by atoms with E-state index in [1.807, 2.05) is 18.2 Å². The second kappa shape index (κ2) is 5.62. The van der Waals surface area contributed by atoms with E-state index in [1.54, 1.807) is 7.11 Å². The Labute approximate surface area is 120 Å². The molecule has 0 N–H and O–H groups in total. The minimum absolute atomic E-state index is 0.508. The van der Waals surface area contributed by atoms with Crippen molar-refractivity contribution >= 4 is 11.6 Å². The highest BCUT2D eigenvalue weighted by molar-refractivity contribution is 6.17. The van der Waals surface area contributed by atoms with Gasteiger partial charge in [-0.2, -0.15) is 0 Å². The first-order chi connectivity index (χ1) is 9.30. The van der Waals surface area contributed by atoms with E-state index in [0.29, 0.717) is 5.88 Å². The van der Waals surface area contributed by atoms with Crippen LogP contribution in [-0.4, -0.2) is 13.7 Å². The van der Waals surface area contributed by atoms with E-state index < -0.39 is 0 Å². The first kappa shape index (κ1) is 13.1. The van der Waals surface area contributed by atoms with Crippen molar-refractivity contribution in [1.29, 1.82) is 0 Å². The van der Waals surface area contributed by atoms with Crippen LogP contribution < -0.4 is 9.47 Å². The maximum Gasteiger partial charge on any atom is 0.161 e. The summed E-state index contributed by atoms with van der Waals surface area (Å²) in [5.74, 6) is 4.75. The van der Waals surface area contributed by atoms with Gasteiger partial charge in [-0.15, -0.1) is 11.6 Å². The number of hydrogen-bond acceptors (Lipinski definition) is 2. The number of methoxy groups -OCH3 is 1. The molecule has 3 rings (SSSR count). The number of rotatable bonds is 5. The molecule has 0 radical (unpaired) electrons. The number of benzene rings is 1. The third-order valence-electron chi connectivity index (χ3n) is 4.72. The third-order valence-corrected chi connectivity index (χ3v) is 5.03. The lowest BCUT2D eigenvalue weighted by atomic mass is 9.89. The summed E-state index contributed by atoms with van der Waals surface area (Å²) in [6.45, 7) is 0.823. The molecular formula is C16H21ClO2. The zero-order valence-electron chi connectivity index (χ0n) is 11.4. The SMILES string of the molecule is COc1ccc(CCl)cc1OCC1CC2CCC1C2. The summed E-state index contributed by atoms with van der Waals surface area (Å²) >= 11 is 5.88. The molecule has 1 aromatic carbocycles. The first-order valence-corrected chi connectivity index (χ1v) is 7.69. The van der Waals surface area contributed by atoms with Crippen molar-refractivity contribution in [2.24, 2.45) is 17.8 Å². The summed E-state index contributed by atoms with van der Waals surface area (Å²) in [5.41, 5.74) is 1.07. The molecule has 2 bridgehead atoms. The maximum absolute atomic E-state index is 6.02. The fraction of sp³-hybridized carbons (Fsp3) is 0.625. The van der Waals surface area contributed by atoms with E-state index in [0.717, 1.165) is 41.4 Å². The zero-order chi connectivity index (χ0) is 13.2. The van der Waals surface area contributed by atoms with Gasteiger partial charge < -0.3 is 9.47 Å². The second-order valence-corrected chi connectivity index (χ2v) is 6.13. The van der Waals surface area contributed by atoms with Gasteiger partial charge in [-0.3, -0.25) is 0 Å². The standard InChI is InChI=1S/C16H21ClO2/c1-18-15-5-3-12(9-17)8-16(15)19-10-14-7-11-2-4-13(14)6-11/h3,5,8,11,13-14H,2,4,6-7,9-10H2,1H3. The normalized spacial score (nSPS) is 28.6. The molecule has 104 valence electrons. The molecule has 3 atom stereocenters. The van der Waals surface area contributed by atoms with Crippen molar-refractivity contribution in [2.45, 2.75) is 31.6 Å². The first-order valence-electron chi connectivity index (χ1n) is 7.16. The van der Waals surface area contributed by atoms with Gasteiger partial charge in [-0.05, 0) is 54.7 Å². The molecule has 2 saturated carbocycles. The quantitative estimate of drug-likeness (QED) is 0.751. The molecule has 2 aliphatic rings. The van der Waals surface area contributed by atoms with Gasteiger partial charge in [0.2, 0.25) is 0 Å². The Morgan fingerprint density at radius 2 is 2.11 bits per heavy atom. The monoisotopic (exact) mass is 280 g/mol. The topological polar surface area (TPSA) is 18.5 Å². The molecule has 2 fully saturated rings. The third kappa shape index (κ3) is 2.69. The van der Waals surface area contributed by atoms with E-state index in [4.69, 9.17) is 21.1 Å². The Balaban J connectivity index is 1.65. The van der Waals surface area contributed by atoms with Gasteiger partial charge in [0, 0.05) is 5.88 Å². The minimum Gasteiger partial charge on any atom is -0.493 e. The van der Waals surface area contributed by atoms with Crippen LogP contribution in [0.15, 0.2) is 18.2 Å². The summed E-state index contributed by atoms with van der Waals surface area (Å²) in [6.07, 6.45) is 5.61. The van der Waals surface area contributed by atoms with Gasteiger partial charge in [0.1, 0.15) is 0 Å². The van der Waals surface area contributed by atoms with E-state index >= 15 is 0 Å². The van der Waals surface area contributed by atoms with Crippen LogP contribution in [0.5, 0.6) is 11.5 Å². The van der Waals surface area contributed by atoms with Crippen LogP contribution in [0.2, 0.25) is 0 Å². The number of fused-ring (bicyclic) bond motifs is 2. The van der Waals surface area contributed by atoms with Crippen molar-refractivity contribution in [3.05, 3.63) is 23.8 Å². The lowest BCUT2D eigenvalue weighted by Gasteiger charge is -2.22. The highest BCUT2D eigenvalue weighted by Crippen LogP contribution is 2.48. The summed E-state index contributed by atoms with van der Waals surface area (Å²) in [6, 6.07) is 5.92. The summed E-state index contributed by atoms with van der Waals surface area (Å²) in [5, 5.41) is 0. The average Bonchev–Trinajstić information content (AvgIpc) is 3.07. The van der Waals surface area contributed by atoms with E-state index in [2.05, 4.69) is 0 Å². The largest absolute Gasteiger partial charge is 0.493 e. The molecule has 0 aromatic heterocycles. The highest BCUT2D eigenvalue weighted by atomic mass is 35.5. The molecule has 0 heterocycles. The van der Waals surface area contributed by atoms with Crippen molar-refractivity contribution in [2.75, 3.05) is 13.7 Å². The Morgan fingerprint density at radius 1 is 1.21 bits per heavy atom. The Kier molecular flexibility index (Phi) is 3.88. The maximum atomic E-state index is 6.02. The van der Waals surface area contributed by atoms with E-state index in [9.17, 15) is 0 Å². The summed E-state index contributed by atoms with van der Waals surface area (Å²) in [4.78, 5) is 0. The van der Waals surface area contributed by atoms with Crippen LogP contribution in [0, 0.1) is 17.8 Å². The molecule has 3 heteroatoms. The van der Waals surface area contributed by atoms with Crippen LogP contribution in [0.3, 0.4) is 0 Å². The van der Waals surface area contributed by atoms with Crippen molar-refractivity contribution in [3.8, 4) is 11.5 Å². The molecule has 2 aliphatic carbocycles. The van der Waals surface area contributed by atoms with Gasteiger partial charge in [0.05, 0.1) is 13.7 Å². The molecule has 2 nitrogen and oxygen atoms in total. The van der Waals surface area contributed by atoms with Gasteiger partial charge in [-0.25, -0.2) is 0 Å². The predicted octanol–water partition coefficient (Wildman–Crippen LogP) is 4.25. The van der Waals surface area contributed by atoms with Crippen LogP contribution in [0.1, 0.15) is 31.2 Å². The average molecular weight is 281 g/mol. The highest BCUT2D eigenvalue weighted by Gasteiger charge is 2.39. The minimum atomic E-state index is 0.508. The number of hydrogen-bond donors (Lipinski definition) is 0. The fourth-order valence-electron chi connectivity index (χ4n) is 3.69. The van der Waals surface area contributed by atoms with Gasteiger partial charge in [-0.1, -0.05) is 12.5 Å². The number of ether oxygens (including phenoxy) is 2. The Morgan fingerprint density at radius 3 is 2.74 bits per heavy atom. The summed E-state index contributed by atoms with van der Waals surface area (Å²) < 4.78 is 11.4. The summed E-state index contributed by atoms with van der Waals surface area (Å²) in [7, 11) is 1.68. The molecule has 19 heavy (non-hydrogen) atoms. The van der Waals surface area contributed by atoms with E-state index in [-0.39, 0.29) is 0 Å². The molecule has 1 aromatic rings. The smallest absolute Gasteiger partial charge is 0.161 e. The number of alkyl halides is 1. The van der Waals surface area contributed by atoms with Crippen molar-refractivity contribution < 1.29 is 9.47 Å². The second-order valence-electron chi connectivity index (χ2n) is 5.86. The van der Waals surface area contributed by atoms with Crippen LogP contribution in [-0.2, 0) is 5.88 Å². The molecule has 0 saturated heterocycles. The van der Waals surface area contributed by atoms with Crippen LogP contribution >= 0.6 is 11.6 Å². The molecular weight excluding hydrogens is 260 g/mol. The molecule has 0 aliphatic heterocycles. The van der Waals surface area contributed by atoms with Crippen molar-refractivity contribution in [3.63, 3.8) is 0 Å².